The van der Waals surface area contributed by atoms with Gasteiger partial charge < -0.3 is 25.7 Å². The zero-order valence-electron chi connectivity index (χ0n) is 22.5. The second-order valence-corrected chi connectivity index (χ2v) is 12.6. The van der Waals surface area contributed by atoms with Gasteiger partial charge in [-0.25, -0.2) is 4.79 Å². The summed E-state index contributed by atoms with van der Waals surface area (Å²) >= 11 is 3.53. The number of anilines is 1. The van der Waals surface area contributed by atoms with E-state index in [2.05, 4.69) is 20.8 Å². The minimum absolute atomic E-state index is 0. The molecule has 3 aliphatic rings. The van der Waals surface area contributed by atoms with Gasteiger partial charge in [0.2, 0.25) is 22.9 Å². The zero-order valence-corrected chi connectivity index (χ0v) is 27.0. The largest absolute Gasteiger partial charge is 0.508 e. The number of carboxylic acid groups (broad SMARTS) is 1. The summed E-state index contributed by atoms with van der Waals surface area (Å²) in [6.07, 6.45) is 2.01. The van der Waals surface area contributed by atoms with Gasteiger partial charge in [-0.05, 0) is 35.8 Å². The van der Waals surface area contributed by atoms with Gasteiger partial charge >= 0.3 is 5.97 Å². The molecule has 5 rings (SSSR count). The summed E-state index contributed by atoms with van der Waals surface area (Å²) in [6, 6.07) is 5.69. The molecule has 42 heavy (non-hydrogen) atoms. The van der Waals surface area contributed by atoms with Crippen LogP contribution in [0.15, 0.2) is 51.5 Å². The number of nitrogens with zero attached hydrogens (tertiary/aromatic N) is 4. The van der Waals surface area contributed by atoms with Crippen LogP contribution in [0.1, 0.15) is 18.9 Å². The molecule has 0 spiro atoms. The maximum atomic E-state index is 13.0. The van der Waals surface area contributed by atoms with Crippen molar-refractivity contribution in [3.63, 3.8) is 0 Å². The van der Waals surface area contributed by atoms with Crippen LogP contribution in [0.25, 0.3) is 0 Å². The summed E-state index contributed by atoms with van der Waals surface area (Å²) in [6.45, 7) is 2.17. The number of benzene rings is 1. The van der Waals surface area contributed by atoms with E-state index in [1.54, 1.807) is 35.2 Å². The molecule has 4 N–H and O–H groups in total. The van der Waals surface area contributed by atoms with Crippen molar-refractivity contribution in [2.75, 3.05) is 23.4 Å². The maximum absolute atomic E-state index is 13.0. The van der Waals surface area contributed by atoms with Gasteiger partial charge in [0.15, 0.2) is 4.34 Å². The molecule has 215 valence electrons. The Balaban J connectivity index is 0.00000405. The SMILES string of the molecule is CC(=O)Nc1nnc(SCC(=O)N[C@@H]2C(=O)N3C(C(=O)O)=C(C=C4CCN(Cc5ccc(O)cc5)C4=O)CS[C@H]23)s1.[Na]. The number of phenols is 1. The van der Waals surface area contributed by atoms with Crippen molar-refractivity contribution in [1.82, 2.24) is 25.3 Å². The Morgan fingerprint density at radius 1 is 1.19 bits per heavy atom. The predicted octanol–water partition coefficient (Wildman–Crippen LogP) is 1.01. The van der Waals surface area contributed by atoms with Crippen molar-refractivity contribution < 1.29 is 34.2 Å². The minimum atomic E-state index is -1.28. The third-order valence-electron chi connectivity index (χ3n) is 6.40. The molecule has 4 heterocycles. The van der Waals surface area contributed by atoms with E-state index in [0.717, 1.165) is 28.7 Å². The van der Waals surface area contributed by atoms with Crippen LogP contribution < -0.4 is 10.6 Å². The number of phenolic OH excluding ortho intramolecular Hbond substituents is 1. The van der Waals surface area contributed by atoms with Crippen LogP contribution in [-0.4, -0.2) is 119 Å². The molecule has 0 saturated carbocycles. The summed E-state index contributed by atoms with van der Waals surface area (Å²) in [4.78, 5) is 64.7. The Morgan fingerprint density at radius 2 is 1.93 bits per heavy atom. The Morgan fingerprint density at radius 3 is 2.62 bits per heavy atom. The second-order valence-electron chi connectivity index (χ2n) is 9.29. The molecular weight excluding hydrogens is 616 g/mol. The maximum Gasteiger partial charge on any atom is 0.352 e. The molecule has 2 aromatic rings. The van der Waals surface area contributed by atoms with Crippen LogP contribution in [0.5, 0.6) is 5.75 Å². The molecule has 17 heteroatoms. The first-order valence-corrected chi connectivity index (χ1v) is 15.2. The number of carbonyl (C=O) groups is 5. The van der Waals surface area contributed by atoms with Crippen LogP contribution in [0.4, 0.5) is 5.13 Å². The number of thioether (sulfide) groups is 2. The van der Waals surface area contributed by atoms with Gasteiger partial charge in [0.25, 0.3) is 5.91 Å². The number of likely N-dealkylation sites (tertiary alicyclic amines) is 1. The number of carbonyl (C=O) groups excluding carboxylic acids is 4. The number of aromatic hydroxyl groups is 1. The first-order chi connectivity index (χ1) is 19.6. The van der Waals surface area contributed by atoms with Crippen molar-refractivity contribution in [3.05, 3.63) is 52.7 Å². The average molecular weight is 640 g/mol. The molecule has 0 bridgehead atoms. The summed E-state index contributed by atoms with van der Waals surface area (Å²) < 4.78 is 0.467. The summed E-state index contributed by atoms with van der Waals surface area (Å²) in [5.74, 6) is -2.40. The Labute approximate surface area is 274 Å². The van der Waals surface area contributed by atoms with E-state index in [1.807, 2.05) is 0 Å². The van der Waals surface area contributed by atoms with Crippen molar-refractivity contribution in [2.24, 2.45) is 0 Å². The van der Waals surface area contributed by atoms with Gasteiger partial charge in [-0.3, -0.25) is 24.1 Å². The van der Waals surface area contributed by atoms with Gasteiger partial charge in [-0.1, -0.05) is 35.2 Å². The Kier molecular flexibility index (Phi) is 10.4. The number of amides is 4. The molecular formula is C25H24N6NaO7S3. The second kappa shape index (κ2) is 13.6. The number of β-lactam (4-membered cyclic amide) rings is 1. The van der Waals surface area contributed by atoms with Crippen LogP contribution in [0.2, 0.25) is 0 Å². The quantitative estimate of drug-likeness (QED) is 0.101. The Bertz CT molecular complexity index is 1500. The number of hydrogen-bond acceptors (Lipinski definition) is 11. The molecule has 1 radical (unpaired) electrons. The number of rotatable bonds is 9. The molecule has 3 aliphatic heterocycles. The smallest absolute Gasteiger partial charge is 0.352 e. The van der Waals surface area contributed by atoms with E-state index in [-0.39, 0.29) is 64.3 Å². The molecule has 0 unspecified atom stereocenters. The van der Waals surface area contributed by atoms with Gasteiger partial charge in [0.05, 0.1) is 5.75 Å². The number of hydrogen-bond donors (Lipinski definition) is 4. The van der Waals surface area contributed by atoms with Gasteiger partial charge in [0.1, 0.15) is 22.9 Å². The van der Waals surface area contributed by atoms with E-state index in [1.165, 1.54) is 23.6 Å². The topological polar surface area (TPSA) is 182 Å². The fraction of sp³-hybridized carbons (Fsp3) is 0.320. The first-order valence-electron chi connectivity index (χ1n) is 12.3. The predicted molar refractivity (Wildman–Crippen MR) is 157 cm³/mol. The number of aliphatic carboxylic acids is 1. The molecule has 4 amide bonds. The molecule has 0 aliphatic carbocycles. The normalized spacial score (nSPS) is 20.6. The van der Waals surface area contributed by atoms with Crippen LogP contribution in [-0.2, 0) is 30.5 Å². The van der Waals surface area contributed by atoms with E-state index >= 15 is 0 Å². The van der Waals surface area contributed by atoms with Crippen molar-refractivity contribution in [2.45, 2.75) is 35.6 Å². The third kappa shape index (κ3) is 7.01. The van der Waals surface area contributed by atoms with Crippen LogP contribution in [0, 0.1) is 0 Å². The molecule has 13 nitrogen and oxygen atoms in total. The molecule has 1 aromatic carbocycles. The van der Waals surface area contributed by atoms with Gasteiger partial charge in [0, 0.05) is 60.9 Å². The van der Waals surface area contributed by atoms with E-state index in [0.29, 0.717) is 40.1 Å². The number of fused-ring (bicyclic) bond motifs is 1. The zero-order chi connectivity index (χ0) is 29.3. The first kappa shape index (κ1) is 32.0. The molecule has 1 aromatic heterocycles. The fourth-order valence-electron chi connectivity index (χ4n) is 4.55. The van der Waals surface area contributed by atoms with Crippen molar-refractivity contribution >= 4 is 99.1 Å². The standard InChI is InChI=1S/C25H24N6O7S3.Na/c1-12(32)26-24-28-29-25(41-24)40-11-17(34)27-18-21(36)31-19(23(37)38)15(10-39-22(18)31)8-14-6-7-30(20(14)35)9-13-2-4-16(33)5-3-13;/h2-5,8,18,22,33H,6-7,9-11H2,1H3,(H,27,34)(H,37,38)(H,26,28,32);/t18-,22-;/m1./s1. The fourth-order valence-corrected chi connectivity index (χ4v) is 7.46. The van der Waals surface area contributed by atoms with Crippen molar-refractivity contribution in [1.29, 1.82) is 0 Å². The number of nitrogens with one attached hydrogen (secondary N) is 2. The van der Waals surface area contributed by atoms with Gasteiger partial charge in [-0.15, -0.1) is 22.0 Å². The van der Waals surface area contributed by atoms with E-state index in [9.17, 15) is 34.2 Å². The summed E-state index contributed by atoms with van der Waals surface area (Å²) in [7, 11) is 0. The molecule has 2 saturated heterocycles. The van der Waals surface area contributed by atoms with Gasteiger partial charge in [-0.2, -0.15) is 0 Å². The molecule has 2 fully saturated rings. The third-order valence-corrected chi connectivity index (χ3v) is 9.68. The number of aromatic nitrogens is 2. The number of allylic oxidation sites excluding steroid dienone is 1. The Hall–Kier alpha value is -2.89. The van der Waals surface area contributed by atoms with E-state index in [4.69, 9.17) is 0 Å². The van der Waals surface area contributed by atoms with Crippen LogP contribution >= 0.6 is 34.9 Å². The minimum Gasteiger partial charge on any atom is -0.508 e. The monoisotopic (exact) mass is 639 g/mol. The average Bonchev–Trinajstić information content (AvgIpc) is 3.52. The molecule has 2 atom stereocenters. The van der Waals surface area contributed by atoms with Crippen LogP contribution in [0.3, 0.4) is 0 Å². The van der Waals surface area contributed by atoms with Crippen molar-refractivity contribution in [3.8, 4) is 5.75 Å². The number of carboxylic acids is 1. The summed E-state index contributed by atoms with van der Waals surface area (Å²) in [5, 5.41) is 32.0. The summed E-state index contributed by atoms with van der Waals surface area (Å²) in [5.41, 5.74) is 1.50. The van der Waals surface area contributed by atoms with E-state index < -0.39 is 29.2 Å².